The van der Waals surface area contributed by atoms with Crippen LogP contribution in [0.2, 0.25) is 5.02 Å². The van der Waals surface area contributed by atoms with Crippen molar-refractivity contribution in [1.82, 2.24) is 5.32 Å². The summed E-state index contributed by atoms with van der Waals surface area (Å²) in [4.78, 5) is 0. The second-order valence-electron chi connectivity index (χ2n) is 6.66. The predicted molar refractivity (Wildman–Crippen MR) is 86.2 cm³/mol. The third-order valence-electron chi connectivity index (χ3n) is 5.31. The molecule has 1 heterocycles. The maximum absolute atomic E-state index is 14.3. The van der Waals surface area contributed by atoms with E-state index in [9.17, 15) is 9.65 Å². The first kappa shape index (κ1) is 15.8. The van der Waals surface area contributed by atoms with Crippen LogP contribution in [-0.4, -0.2) is 12.6 Å². The standard InChI is InChI=1S/C18H22ClFN2/c19-16-8-4-7-13(18(16)20)15-11-22-17(14(15)10-21)9-12-5-2-1-3-6-12/h4,7-8,12,14-15,17,22H,1-3,5-6,9,11H2. The van der Waals surface area contributed by atoms with E-state index in [1.165, 1.54) is 32.1 Å². The van der Waals surface area contributed by atoms with Crippen molar-refractivity contribution in [3.63, 3.8) is 0 Å². The average Bonchev–Trinajstić information content (AvgIpc) is 2.93. The summed E-state index contributed by atoms with van der Waals surface area (Å²) in [7, 11) is 0. The van der Waals surface area contributed by atoms with Crippen LogP contribution >= 0.6 is 11.6 Å². The maximum Gasteiger partial charge on any atom is 0.145 e. The molecule has 1 N–H and O–H groups in total. The van der Waals surface area contributed by atoms with E-state index in [0.717, 1.165) is 6.42 Å². The first-order valence-electron chi connectivity index (χ1n) is 8.27. The number of hydrogen-bond acceptors (Lipinski definition) is 2. The Balaban J connectivity index is 1.74. The van der Waals surface area contributed by atoms with Gasteiger partial charge in [-0.05, 0) is 24.0 Å². The molecule has 3 atom stereocenters. The molecule has 1 saturated heterocycles. The summed E-state index contributed by atoms with van der Waals surface area (Å²) in [6.45, 7) is 0.660. The van der Waals surface area contributed by atoms with Crippen LogP contribution in [0.5, 0.6) is 0 Å². The van der Waals surface area contributed by atoms with Gasteiger partial charge in [-0.3, -0.25) is 0 Å². The Morgan fingerprint density at radius 1 is 1.27 bits per heavy atom. The summed E-state index contributed by atoms with van der Waals surface area (Å²) < 4.78 is 14.3. The second-order valence-corrected chi connectivity index (χ2v) is 7.07. The van der Waals surface area contributed by atoms with Crippen LogP contribution in [0.3, 0.4) is 0 Å². The molecule has 2 nitrogen and oxygen atoms in total. The smallest absolute Gasteiger partial charge is 0.145 e. The Hall–Kier alpha value is -1.11. The van der Waals surface area contributed by atoms with Gasteiger partial charge in [-0.1, -0.05) is 55.8 Å². The van der Waals surface area contributed by atoms with Gasteiger partial charge in [0.05, 0.1) is 17.0 Å². The lowest BCUT2D eigenvalue weighted by Crippen LogP contribution is -2.30. The molecule has 0 bridgehead atoms. The van der Waals surface area contributed by atoms with Gasteiger partial charge >= 0.3 is 0 Å². The molecule has 0 aromatic heterocycles. The summed E-state index contributed by atoms with van der Waals surface area (Å²) in [5, 5.41) is 13.2. The molecule has 0 spiro atoms. The van der Waals surface area contributed by atoms with Crippen molar-refractivity contribution in [2.75, 3.05) is 6.54 Å². The molecule has 2 aliphatic rings. The summed E-state index contributed by atoms with van der Waals surface area (Å²) >= 11 is 5.90. The van der Waals surface area contributed by atoms with Crippen molar-refractivity contribution < 1.29 is 4.39 Å². The average molecular weight is 321 g/mol. The number of rotatable bonds is 3. The Labute approximate surface area is 136 Å². The SMILES string of the molecule is N#CC1C(CC2CCCCC2)NCC1c1cccc(Cl)c1F. The van der Waals surface area contributed by atoms with Crippen LogP contribution in [0.1, 0.15) is 50.0 Å². The van der Waals surface area contributed by atoms with Gasteiger partial charge in [0.15, 0.2) is 0 Å². The van der Waals surface area contributed by atoms with Crippen LogP contribution in [0.4, 0.5) is 4.39 Å². The lowest BCUT2D eigenvalue weighted by Gasteiger charge is -2.26. The molecule has 1 aliphatic carbocycles. The fraction of sp³-hybridized carbons (Fsp3) is 0.611. The van der Waals surface area contributed by atoms with E-state index in [1.807, 2.05) is 0 Å². The van der Waals surface area contributed by atoms with Gasteiger partial charge in [0.2, 0.25) is 0 Å². The highest BCUT2D eigenvalue weighted by Gasteiger charge is 2.39. The Bertz CT molecular complexity index is 563. The summed E-state index contributed by atoms with van der Waals surface area (Å²) in [6.07, 6.45) is 7.53. The summed E-state index contributed by atoms with van der Waals surface area (Å²) in [6, 6.07) is 7.70. The van der Waals surface area contributed by atoms with Crippen LogP contribution in [-0.2, 0) is 0 Å². The highest BCUT2D eigenvalue weighted by atomic mass is 35.5. The van der Waals surface area contributed by atoms with E-state index in [1.54, 1.807) is 18.2 Å². The minimum Gasteiger partial charge on any atom is -0.312 e. The molecule has 2 fully saturated rings. The van der Waals surface area contributed by atoms with Gasteiger partial charge in [0.25, 0.3) is 0 Å². The van der Waals surface area contributed by atoms with E-state index in [2.05, 4.69) is 11.4 Å². The lowest BCUT2D eigenvalue weighted by molar-refractivity contribution is 0.294. The van der Waals surface area contributed by atoms with Crippen LogP contribution < -0.4 is 5.32 Å². The molecule has 4 heteroatoms. The number of halogens is 2. The Morgan fingerprint density at radius 2 is 2.05 bits per heavy atom. The molecule has 22 heavy (non-hydrogen) atoms. The molecular weight excluding hydrogens is 299 g/mol. The van der Waals surface area contributed by atoms with E-state index >= 15 is 0 Å². The third kappa shape index (κ3) is 3.14. The zero-order valence-electron chi connectivity index (χ0n) is 12.7. The first-order chi connectivity index (χ1) is 10.7. The van der Waals surface area contributed by atoms with E-state index < -0.39 is 0 Å². The van der Waals surface area contributed by atoms with Crippen molar-refractivity contribution >= 4 is 11.6 Å². The van der Waals surface area contributed by atoms with Crippen LogP contribution in [0.25, 0.3) is 0 Å². The van der Waals surface area contributed by atoms with Crippen molar-refractivity contribution in [2.45, 2.75) is 50.5 Å². The van der Waals surface area contributed by atoms with Gasteiger partial charge in [-0.25, -0.2) is 4.39 Å². The van der Waals surface area contributed by atoms with Crippen molar-refractivity contribution in [1.29, 1.82) is 5.26 Å². The predicted octanol–water partition coefficient (Wildman–Crippen LogP) is 4.64. The molecule has 1 aromatic rings. The highest BCUT2D eigenvalue weighted by molar-refractivity contribution is 6.30. The van der Waals surface area contributed by atoms with Gasteiger partial charge in [-0.15, -0.1) is 0 Å². The highest BCUT2D eigenvalue weighted by Crippen LogP contribution is 2.38. The number of hydrogen-bond donors (Lipinski definition) is 1. The molecule has 118 valence electrons. The third-order valence-corrected chi connectivity index (χ3v) is 5.60. The van der Waals surface area contributed by atoms with Gasteiger partial charge < -0.3 is 5.32 Å². The fourth-order valence-electron chi connectivity index (χ4n) is 4.11. The lowest BCUT2D eigenvalue weighted by atomic mass is 9.79. The molecule has 0 amide bonds. The van der Waals surface area contributed by atoms with E-state index in [-0.39, 0.29) is 28.7 Å². The number of nitrogens with zero attached hydrogens (tertiary/aromatic N) is 1. The maximum atomic E-state index is 14.3. The van der Waals surface area contributed by atoms with Crippen LogP contribution in [0, 0.1) is 29.0 Å². The largest absolute Gasteiger partial charge is 0.312 e. The molecule has 0 radical (unpaired) electrons. The summed E-state index contributed by atoms with van der Waals surface area (Å²) in [5.74, 6) is 0.0757. The van der Waals surface area contributed by atoms with Crippen molar-refractivity contribution in [3.05, 3.63) is 34.6 Å². The number of nitriles is 1. The minimum atomic E-state index is -0.366. The van der Waals surface area contributed by atoms with Crippen molar-refractivity contribution in [2.24, 2.45) is 11.8 Å². The van der Waals surface area contributed by atoms with Gasteiger partial charge in [0.1, 0.15) is 5.82 Å². The second kappa shape index (κ2) is 6.98. The quantitative estimate of drug-likeness (QED) is 0.880. The summed E-state index contributed by atoms with van der Waals surface area (Å²) in [5.41, 5.74) is 0.581. The molecule has 1 aliphatic heterocycles. The fourth-order valence-corrected chi connectivity index (χ4v) is 4.30. The molecular formula is C18H22ClFN2. The zero-order chi connectivity index (χ0) is 15.5. The molecule has 1 aromatic carbocycles. The first-order valence-corrected chi connectivity index (χ1v) is 8.65. The number of nitrogens with one attached hydrogen (secondary N) is 1. The normalized spacial score (nSPS) is 29.4. The zero-order valence-corrected chi connectivity index (χ0v) is 13.5. The monoisotopic (exact) mass is 320 g/mol. The topological polar surface area (TPSA) is 35.8 Å². The van der Waals surface area contributed by atoms with Crippen LogP contribution in [0.15, 0.2) is 18.2 Å². The van der Waals surface area contributed by atoms with E-state index in [4.69, 9.17) is 11.6 Å². The molecule has 1 saturated carbocycles. The van der Waals surface area contributed by atoms with Gasteiger partial charge in [0, 0.05) is 18.5 Å². The van der Waals surface area contributed by atoms with E-state index in [0.29, 0.717) is 18.0 Å². The molecule has 3 unspecified atom stereocenters. The van der Waals surface area contributed by atoms with Gasteiger partial charge in [-0.2, -0.15) is 5.26 Å². The Kier molecular flexibility index (Phi) is 5.00. The number of benzene rings is 1. The van der Waals surface area contributed by atoms with Crippen molar-refractivity contribution in [3.8, 4) is 6.07 Å². The molecule has 3 rings (SSSR count). The Morgan fingerprint density at radius 3 is 2.77 bits per heavy atom. The minimum absolute atomic E-state index is 0.0997.